The molecule has 2 aliphatic heterocycles. The molecule has 0 bridgehead atoms. The monoisotopic (exact) mass is 946 g/mol. The van der Waals surface area contributed by atoms with Crippen LogP contribution in [0.25, 0.3) is 0 Å². The maximum absolute atomic E-state index is 14.7. The molecule has 2 saturated heterocycles. The van der Waals surface area contributed by atoms with Gasteiger partial charge in [0, 0.05) is 5.92 Å². The second-order valence-electron chi connectivity index (χ2n) is 22.1. The predicted octanol–water partition coefficient (Wildman–Crippen LogP) is 2.47. The Kier molecular flexibility index (Phi) is 14.0. The number of carbonyl (C=O) groups excluding carboxylic acids is 2. The van der Waals surface area contributed by atoms with Gasteiger partial charge in [-0.15, -0.1) is 0 Å². The molecular weight excluding hydrogens is 873 g/mol. The number of carbonyl (C=O) groups is 2. The Morgan fingerprint density at radius 3 is 2.17 bits per heavy atom. The summed E-state index contributed by atoms with van der Waals surface area (Å²) in [5.74, 6) is -2.28. The van der Waals surface area contributed by atoms with Crippen LogP contribution in [-0.4, -0.2) is 147 Å². The zero-order valence-corrected chi connectivity index (χ0v) is 39.8. The lowest BCUT2D eigenvalue weighted by atomic mass is 9.33. The van der Waals surface area contributed by atoms with Gasteiger partial charge in [0.1, 0.15) is 42.7 Å². The predicted molar refractivity (Wildman–Crippen MR) is 228 cm³/mol. The van der Waals surface area contributed by atoms with Crippen molar-refractivity contribution in [3.8, 4) is 0 Å². The molecule has 0 aromatic rings. The minimum atomic E-state index is -5.19. The van der Waals surface area contributed by atoms with Crippen LogP contribution in [0, 0.1) is 50.7 Å². The van der Waals surface area contributed by atoms with Crippen molar-refractivity contribution in [1.29, 1.82) is 0 Å². The average molecular weight is 947 g/mol. The van der Waals surface area contributed by atoms with Crippen LogP contribution in [0.5, 0.6) is 0 Å². The lowest BCUT2D eigenvalue weighted by Gasteiger charge is -2.72. The molecule has 20 atom stereocenters. The minimum Gasteiger partial charge on any atom is -0.464 e. The van der Waals surface area contributed by atoms with Crippen molar-refractivity contribution in [1.82, 2.24) is 0 Å². The number of aliphatic hydroxyl groups is 7. The second kappa shape index (κ2) is 17.8. The molecule has 7 rings (SSSR count). The van der Waals surface area contributed by atoms with Crippen molar-refractivity contribution >= 4 is 22.3 Å². The van der Waals surface area contributed by atoms with E-state index in [1.165, 1.54) is 0 Å². The van der Waals surface area contributed by atoms with E-state index in [9.17, 15) is 58.3 Å². The van der Waals surface area contributed by atoms with Crippen molar-refractivity contribution in [2.75, 3.05) is 13.2 Å². The van der Waals surface area contributed by atoms with Crippen molar-refractivity contribution in [2.24, 2.45) is 50.7 Å². The van der Waals surface area contributed by atoms with Gasteiger partial charge in [-0.3, -0.25) is 9.35 Å². The molecule has 0 aromatic heterocycles. The molecule has 372 valence electrons. The first-order chi connectivity index (χ1) is 30.2. The molecule has 0 unspecified atom stereocenters. The molecule has 18 nitrogen and oxygen atoms in total. The van der Waals surface area contributed by atoms with E-state index in [1.54, 1.807) is 6.92 Å². The Morgan fingerprint density at radius 1 is 0.831 bits per heavy atom. The van der Waals surface area contributed by atoms with Crippen LogP contribution in [0.15, 0.2) is 11.6 Å². The molecule has 8 N–H and O–H groups in total. The normalized spacial score (nSPS) is 49.5. The minimum absolute atomic E-state index is 0.0175. The first-order valence-corrected chi connectivity index (χ1v) is 25.0. The molecule has 2 heterocycles. The number of aliphatic hydroxyl groups excluding tert-OH is 6. The van der Waals surface area contributed by atoms with Crippen LogP contribution in [0.4, 0.5) is 0 Å². The quantitative estimate of drug-likeness (QED) is 0.0485. The fourth-order valence-corrected chi connectivity index (χ4v) is 14.9. The summed E-state index contributed by atoms with van der Waals surface area (Å²) in [6.45, 7) is 16.1. The fraction of sp³-hybridized carbons (Fsp3) is 0.913. The summed E-state index contributed by atoms with van der Waals surface area (Å²) < 4.78 is 67.2. The molecule has 0 spiro atoms. The molecular formula is C46H74O18S. The fourth-order valence-electron chi connectivity index (χ4n) is 14.4. The van der Waals surface area contributed by atoms with E-state index in [0.717, 1.165) is 18.4 Å². The van der Waals surface area contributed by atoms with Crippen molar-refractivity contribution in [2.45, 2.75) is 199 Å². The lowest BCUT2D eigenvalue weighted by molar-refractivity contribution is -0.322. The van der Waals surface area contributed by atoms with Gasteiger partial charge < -0.3 is 59.4 Å². The standard InChI is InChI=1S/C46H74O18S/c1-9-10-21-59-37(53)35-32(51)34(64-65(56,57)58)33(52)39(62-35)61-28-15-16-42(5)26(41(28,3)4)14-17-44(7)27(42)12-11-24-36-45(8,55)23(2)13-18-46(36,20-19-43(24,44)6)40(54)63-38-31(50)30(49)29(48)25(22-47)60-38/h11,23,25-36,38-39,47-52,55H,9-10,12-22H2,1-8H3,(H,56,57,58)/t23-,25-,26+,27-,28+,29-,30+,31-,32+,33-,34+,35+,36-,38+,39-,42+,43-,44-,45-,46+/m1/s1. The third kappa shape index (κ3) is 8.24. The number of fused-ring (bicyclic) bond motifs is 7. The highest BCUT2D eigenvalue weighted by Crippen LogP contribution is 2.76. The molecule has 6 fully saturated rings. The van der Waals surface area contributed by atoms with Gasteiger partial charge in [-0.2, -0.15) is 8.42 Å². The van der Waals surface area contributed by atoms with Gasteiger partial charge in [0.15, 0.2) is 12.4 Å². The number of unbranched alkanes of at least 4 members (excludes halogenated alkanes) is 1. The first kappa shape index (κ1) is 51.0. The van der Waals surface area contributed by atoms with Gasteiger partial charge in [0.05, 0.1) is 30.3 Å². The van der Waals surface area contributed by atoms with Crippen LogP contribution in [0.3, 0.4) is 0 Å². The Morgan fingerprint density at radius 2 is 1.52 bits per heavy atom. The summed E-state index contributed by atoms with van der Waals surface area (Å²) in [7, 11) is -5.19. The average Bonchev–Trinajstić information content (AvgIpc) is 3.22. The highest BCUT2D eigenvalue weighted by Gasteiger charge is 2.72. The van der Waals surface area contributed by atoms with Crippen molar-refractivity contribution in [3.05, 3.63) is 11.6 Å². The molecule has 65 heavy (non-hydrogen) atoms. The number of ether oxygens (including phenoxy) is 5. The molecule has 4 saturated carbocycles. The number of hydrogen-bond acceptors (Lipinski definition) is 17. The zero-order chi connectivity index (χ0) is 48.0. The summed E-state index contributed by atoms with van der Waals surface area (Å²) in [5.41, 5.74) is -3.12. The number of allylic oxidation sites excluding steroid dienone is 1. The van der Waals surface area contributed by atoms with Gasteiger partial charge in [0.2, 0.25) is 6.29 Å². The Bertz CT molecular complexity index is 1920. The second-order valence-corrected chi connectivity index (χ2v) is 23.1. The van der Waals surface area contributed by atoms with E-state index in [-0.39, 0.29) is 35.2 Å². The number of esters is 2. The van der Waals surface area contributed by atoms with Gasteiger partial charge in [-0.25, -0.2) is 8.98 Å². The van der Waals surface area contributed by atoms with Crippen LogP contribution < -0.4 is 0 Å². The van der Waals surface area contributed by atoms with Gasteiger partial charge in [-0.1, -0.05) is 66.5 Å². The van der Waals surface area contributed by atoms with E-state index < -0.39 is 124 Å². The van der Waals surface area contributed by atoms with Crippen LogP contribution >= 0.6 is 0 Å². The van der Waals surface area contributed by atoms with E-state index in [1.807, 2.05) is 13.8 Å². The van der Waals surface area contributed by atoms with Crippen LogP contribution in [0.1, 0.15) is 126 Å². The number of hydrogen-bond donors (Lipinski definition) is 8. The number of rotatable bonds is 11. The van der Waals surface area contributed by atoms with E-state index in [2.05, 4.69) is 40.7 Å². The molecule has 7 aliphatic rings. The summed E-state index contributed by atoms with van der Waals surface area (Å²) in [4.78, 5) is 27.8. The molecule has 0 radical (unpaired) electrons. The smallest absolute Gasteiger partial charge is 0.397 e. The topological polar surface area (TPSA) is 286 Å². The van der Waals surface area contributed by atoms with Gasteiger partial charge in [-0.05, 0) is 111 Å². The SMILES string of the molecule is CCCCOC(=O)[C@H]1O[C@@H](O[C@H]2CC[C@]3(C)[C@H]4CC=C5[C@H]6[C@](C(=O)O[C@@H]7O[C@H](CO)[C@@H](O)[C@H](O)[C@H]7O)(CC[C@@H](C)[C@@]6(C)O)CC[C@@]5(C)[C@]4(C)CC[C@H]3C2(C)C)[C@H](O)[C@@H](OS(=O)(=O)O)[C@@H]1O. The largest absolute Gasteiger partial charge is 0.464 e. The summed E-state index contributed by atoms with van der Waals surface area (Å²) in [5, 5.41) is 76.5. The summed E-state index contributed by atoms with van der Waals surface area (Å²) in [6.07, 6.45) is -9.10. The van der Waals surface area contributed by atoms with E-state index in [4.69, 9.17) is 27.9 Å². The lowest BCUT2D eigenvalue weighted by Crippen LogP contribution is -2.68. The zero-order valence-electron chi connectivity index (χ0n) is 39.0. The molecule has 0 aromatic carbocycles. The van der Waals surface area contributed by atoms with Crippen molar-refractivity contribution < 1.29 is 86.2 Å². The third-order valence-electron chi connectivity index (χ3n) is 18.5. The summed E-state index contributed by atoms with van der Waals surface area (Å²) in [6, 6.07) is 0. The molecule has 19 heteroatoms. The Hall–Kier alpha value is -1.85. The molecule has 5 aliphatic carbocycles. The van der Waals surface area contributed by atoms with Gasteiger partial charge in [0.25, 0.3) is 0 Å². The Labute approximate surface area is 382 Å². The molecule has 0 amide bonds. The Balaban J connectivity index is 1.16. The maximum atomic E-state index is 14.7. The first-order valence-electron chi connectivity index (χ1n) is 23.6. The summed E-state index contributed by atoms with van der Waals surface area (Å²) >= 11 is 0. The van der Waals surface area contributed by atoms with Crippen LogP contribution in [0.2, 0.25) is 0 Å². The van der Waals surface area contributed by atoms with Crippen molar-refractivity contribution in [3.63, 3.8) is 0 Å². The van der Waals surface area contributed by atoms with Crippen LogP contribution in [-0.2, 0) is 47.9 Å². The van der Waals surface area contributed by atoms with E-state index >= 15 is 0 Å². The highest BCUT2D eigenvalue weighted by molar-refractivity contribution is 7.80. The third-order valence-corrected chi connectivity index (χ3v) is 19.0. The highest BCUT2D eigenvalue weighted by atomic mass is 32.3. The maximum Gasteiger partial charge on any atom is 0.397 e. The van der Waals surface area contributed by atoms with E-state index in [0.29, 0.717) is 57.8 Å². The van der Waals surface area contributed by atoms with Gasteiger partial charge >= 0.3 is 22.3 Å².